The van der Waals surface area contributed by atoms with Crippen LogP contribution in [-0.4, -0.2) is 14.8 Å². The first-order chi connectivity index (χ1) is 14.5. The highest BCUT2D eigenvalue weighted by Crippen LogP contribution is 2.13. The molecule has 0 unspecified atom stereocenters. The van der Waals surface area contributed by atoms with E-state index in [-0.39, 0.29) is 37.6 Å². The smallest absolute Gasteiger partial charge is 0.216 e. The summed E-state index contributed by atoms with van der Waals surface area (Å²) in [7, 11) is 0. The summed E-state index contributed by atoms with van der Waals surface area (Å²) in [6, 6.07) is 15.8. The minimum Gasteiger partial charge on any atom is -0.410 e. The lowest BCUT2D eigenvalue weighted by Crippen LogP contribution is -2.30. The van der Waals surface area contributed by atoms with Gasteiger partial charge in [0.15, 0.2) is 10.9 Å². The van der Waals surface area contributed by atoms with E-state index in [0.29, 0.717) is 12.4 Å². The molecular formula is C23H15N3O4. The van der Waals surface area contributed by atoms with Crippen LogP contribution in [0, 0.1) is 17.4 Å². The number of aromatic nitrogens is 2. The first kappa shape index (κ1) is 17.9. The van der Waals surface area contributed by atoms with E-state index in [9.17, 15) is 19.6 Å². The van der Waals surface area contributed by atoms with Gasteiger partial charge >= 0.3 is 0 Å². The summed E-state index contributed by atoms with van der Waals surface area (Å²) in [5.74, 6) is 0.510. The second-order valence-electron chi connectivity index (χ2n) is 7.16. The third kappa shape index (κ3) is 2.35. The normalized spacial score (nSPS) is 12.4. The maximum Gasteiger partial charge on any atom is 0.216 e. The molecule has 1 N–H and O–H groups in total. The van der Waals surface area contributed by atoms with Gasteiger partial charge < -0.3 is 9.77 Å². The van der Waals surface area contributed by atoms with Crippen molar-refractivity contribution in [3.05, 3.63) is 112 Å². The van der Waals surface area contributed by atoms with Gasteiger partial charge in [-0.3, -0.25) is 14.4 Å². The number of aryl methyl sites for hydroxylation is 1. The Kier molecular flexibility index (Phi) is 3.86. The molecule has 0 saturated heterocycles. The summed E-state index contributed by atoms with van der Waals surface area (Å²) in [5, 5.41) is 12.8. The van der Waals surface area contributed by atoms with E-state index in [0.717, 1.165) is 5.56 Å². The van der Waals surface area contributed by atoms with Crippen LogP contribution in [0.2, 0.25) is 0 Å². The molecule has 0 aliphatic heterocycles. The standard InChI is InChI=1S/C23H15N3O4/c1-12-24-19-18(25-30)16-17(22(28)15-10-6-5-9-14(15)21(16)27)23(29)20(19)26(12)11-13-7-3-2-4-8-13/h2-10,30H,11H2,1H3/b25-18+. The van der Waals surface area contributed by atoms with Crippen LogP contribution >= 0.6 is 0 Å². The number of hydrogen-bond donors (Lipinski definition) is 1. The lowest BCUT2D eigenvalue weighted by molar-refractivity contribution is 0.302. The maximum absolute atomic E-state index is 13.5. The van der Waals surface area contributed by atoms with Gasteiger partial charge in [-0.15, -0.1) is 0 Å². The van der Waals surface area contributed by atoms with Gasteiger partial charge in [0.1, 0.15) is 22.2 Å². The average molecular weight is 397 g/mol. The second-order valence-corrected chi connectivity index (χ2v) is 7.16. The minimum absolute atomic E-state index is 0.107. The fourth-order valence-electron chi connectivity index (χ4n) is 4.07. The average Bonchev–Trinajstić information content (AvgIpc) is 3.09. The molecule has 7 nitrogen and oxygen atoms in total. The Balaban J connectivity index is 2.06. The SMILES string of the molecule is Cc1nc2/c(=N/O)c3c(=O)c4ccccc4c(=O)c=3c(=O)c2n1Cc1ccccc1. The largest absolute Gasteiger partial charge is 0.410 e. The van der Waals surface area contributed by atoms with Crippen molar-refractivity contribution in [3.63, 3.8) is 0 Å². The van der Waals surface area contributed by atoms with Crippen molar-refractivity contribution in [2.45, 2.75) is 13.5 Å². The van der Waals surface area contributed by atoms with Gasteiger partial charge in [0.25, 0.3) is 0 Å². The number of fused-ring (bicyclic) bond motifs is 2. The minimum atomic E-state index is -0.586. The number of nitrogens with zero attached hydrogens (tertiary/aromatic N) is 3. The van der Waals surface area contributed by atoms with Crippen LogP contribution in [0.5, 0.6) is 0 Å². The molecule has 3 aromatic rings. The Morgan fingerprint density at radius 1 is 0.867 bits per heavy atom. The molecule has 0 bridgehead atoms. The van der Waals surface area contributed by atoms with E-state index < -0.39 is 16.3 Å². The van der Waals surface area contributed by atoms with Gasteiger partial charge in [0.05, 0.1) is 10.4 Å². The Hall–Kier alpha value is -4.13. The van der Waals surface area contributed by atoms with Crippen LogP contribution in [0.15, 0.2) is 74.1 Å². The van der Waals surface area contributed by atoms with E-state index in [1.165, 1.54) is 12.1 Å². The van der Waals surface area contributed by atoms with Crippen molar-refractivity contribution < 1.29 is 5.21 Å². The van der Waals surface area contributed by atoms with Gasteiger partial charge in [-0.1, -0.05) is 59.8 Å². The third-order valence-electron chi connectivity index (χ3n) is 5.47. The number of hydrogen-bond acceptors (Lipinski definition) is 6. The number of rotatable bonds is 2. The van der Waals surface area contributed by atoms with E-state index in [1.54, 1.807) is 23.6 Å². The summed E-state index contributed by atoms with van der Waals surface area (Å²) in [6.45, 7) is 2.07. The molecule has 30 heavy (non-hydrogen) atoms. The summed E-state index contributed by atoms with van der Waals surface area (Å²) in [5.41, 5.74) is -0.480. The van der Waals surface area contributed by atoms with Crippen molar-refractivity contribution in [3.8, 4) is 0 Å². The van der Waals surface area contributed by atoms with Crippen molar-refractivity contribution in [2.24, 2.45) is 5.16 Å². The van der Waals surface area contributed by atoms with E-state index in [2.05, 4.69) is 10.1 Å². The van der Waals surface area contributed by atoms with Gasteiger partial charge in [0, 0.05) is 17.3 Å². The molecule has 0 fully saturated rings. The molecule has 146 valence electrons. The van der Waals surface area contributed by atoms with Gasteiger partial charge in [-0.25, -0.2) is 4.98 Å². The van der Waals surface area contributed by atoms with Crippen molar-refractivity contribution >= 4 is 21.8 Å². The molecule has 0 amide bonds. The van der Waals surface area contributed by atoms with Crippen molar-refractivity contribution in [2.75, 3.05) is 0 Å². The van der Waals surface area contributed by atoms with Crippen LogP contribution in [0.3, 0.4) is 0 Å². The molecular weight excluding hydrogens is 382 g/mol. The summed E-state index contributed by atoms with van der Waals surface area (Å²) < 4.78 is 1.68. The zero-order chi connectivity index (χ0) is 21.0. The van der Waals surface area contributed by atoms with Gasteiger partial charge in [-0.2, -0.15) is 0 Å². The fraction of sp³-hybridized carbons (Fsp3) is 0.0870. The lowest BCUT2D eigenvalue weighted by Gasteiger charge is -2.07. The summed E-state index contributed by atoms with van der Waals surface area (Å²) in [6.07, 6.45) is 0. The number of benzene rings is 2. The molecule has 0 saturated carbocycles. The predicted octanol–water partition coefficient (Wildman–Crippen LogP) is 1.52. The summed E-state index contributed by atoms with van der Waals surface area (Å²) in [4.78, 5) is 44.2. The van der Waals surface area contributed by atoms with Crippen molar-refractivity contribution in [1.82, 2.24) is 9.55 Å². The topological polar surface area (TPSA) is 102 Å². The molecule has 2 aromatic carbocycles. The molecule has 5 rings (SSSR count). The van der Waals surface area contributed by atoms with E-state index >= 15 is 0 Å². The molecule has 0 atom stereocenters. The molecule has 1 aromatic heterocycles. The highest BCUT2D eigenvalue weighted by molar-refractivity contribution is 5.84. The van der Waals surface area contributed by atoms with E-state index in [1.807, 2.05) is 30.3 Å². The summed E-state index contributed by atoms with van der Waals surface area (Å²) >= 11 is 0. The molecule has 2 aliphatic carbocycles. The Morgan fingerprint density at radius 3 is 2.10 bits per heavy atom. The molecule has 7 heteroatoms. The first-order valence-electron chi connectivity index (χ1n) is 9.34. The van der Waals surface area contributed by atoms with Crippen molar-refractivity contribution in [1.29, 1.82) is 0 Å². The Bertz CT molecular complexity index is 1750. The second kappa shape index (κ2) is 6.45. The first-order valence-corrected chi connectivity index (χ1v) is 9.34. The van der Waals surface area contributed by atoms with Crippen LogP contribution in [0.1, 0.15) is 11.4 Å². The Morgan fingerprint density at radius 2 is 1.47 bits per heavy atom. The monoisotopic (exact) mass is 397 g/mol. The zero-order valence-electron chi connectivity index (χ0n) is 15.9. The van der Waals surface area contributed by atoms with Crippen LogP contribution in [-0.2, 0) is 6.54 Å². The van der Waals surface area contributed by atoms with E-state index in [4.69, 9.17) is 0 Å². The number of imidazole rings is 1. The van der Waals surface area contributed by atoms with Crippen LogP contribution < -0.4 is 21.6 Å². The highest BCUT2D eigenvalue weighted by atomic mass is 16.4. The predicted molar refractivity (Wildman–Crippen MR) is 111 cm³/mol. The maximum atomic E-state index is 13.5. The van der Waals surface area contributed by atoms with Crippen LogP contribution in [0.4, 0.5) is 0 Å². The van der Waals surface area contributed by atoms with Gasteiger partial charge in [-0.05, 0) is 12.5 Å². The van der Waals surface area contributed by atoms with Gasteiger partial charge in [0.2, 0.25) is 5.43 Å². The lowest BCUT2D eigenvalue weighted by atomic mass is 10.0. The highest BCUT2D eigenvalue weighted by Gasteiger charge is 2.20. The quantitative estimate of drug-likeness (QED) is 0.359. The zero-order valence-corrected chi connectivity index (χ0v) is 15.9. The molecule has 2 aliphatic rings. The fourth-order valence-corrected chi connectivity index (χ4v) is 4.07. The third-order valence-corrected chi connectivity index (χ3v) is 5.47. The molecule has 1 heterocycles. The molecule has 0 spiro atoms. The Labute approximate surface area is 168 Å². The van der Waals surface area contributed by atoms with Crippen LogP contribution in [0.25, 0.3) is 21.8 Å². The molecule has 0 radical (unpaired) electrons.